The summed E-state index contributed by atoms with van der Waals surface area (Å²) in [5.41, 5.74) is 5.13. The van der Waals surface area contributed by atoms with Crippen LogP contribution in [0.3, 0.4) is 0 Å². The molecule has 8 heteroatoms. The normalized spacial score (nSPS) is 18.4. The fourth-order valence-corrected chi connectivity index (χ4v) is 5.54. The summed E-state index contributed by atoms with van der Waals surface area (Å²) < 4.78 is 27.7. The number of rotatable bonds is 4. The third-order valence-electron chi connectivity index (χ3n) is 3.53. The second-order valence-corrected chi connectivity index (χ2v) is 7.87. The van der Waals surface area contributed by atoms with Crippen LogP contribution in [0.1, 0.15) is 25.7 Å². The summed E-state index contributed by atoms with van der Waals surface area (Å²) in [6, 6.07) is 2.71. The largest absolute Gasteiger partial charge is 0.329 e. The van der Waals surface area contributed by atoms with E-state index in [1.165, 1.54) is 12.1 Å². The second-order valence-electron chi connectivity index (χ2n) is 5.00. The number of hydrogen-bond donors (Lipinski definition) is 2. The van der Waals surface area contributed by atoms with Crippen molar-refractivity contribution in [3.63, 3.8) is 0 Å². The fourth-order valence-electron chi connectivity index (χ4n) is 2.52. The predicted molar refractivity (Wildman–Crippen MR) is 82.0 cm³/mol. The molecule has 0 heterocycles. The maximum absolute atomic E-state index is 12.5. The van der Waals surface area contributed by atoms with E-state index in [0.29, 0.717) is 12.8 Å². The molecule has 0 saturated heterocycles. The molecule has 2 rings (SSSR count). The molecule has 0 bridgehead atoms. The molecule has 1 aromatic carbocycles. The van der Waals surface area contributed by atoms with Gasteiger partial charge in [-0.3, -0.25) is 0 Å². The highest BCUT2D eigenvalue weighted by atomic mass is 35.5. The van der Waals surface area contributed by atoms with Crippen LogP contribution < -0.4 is 10.5 Å². The first-order valence-electron chi connectivity index (χ1n) is 6.18. The van der Waals surface area contributed by atoms with Crippen LogP contribution in [-0.4, -0.2) is 20.5 Å². The van der Waals surface area contributed by atoms with Crippen LogP contribution in [0.5, 0.6) is 0 Å². The van der Waals surface area contributed by atoms with E-state index in [-0.39, 0.29) is 26.5 Å². The molecule has 1 saturated carbocycles. The average Bonchev–Trinajstić information content (AvgIpc) is 2.75. The number of nitrogens with two attached hydrogens (primary N) is 1. The second kappa shape index (κ2) is 5.99. The minimum Gasteiger partial charge on any atom is -0.329 e. The van der Waals surface area contributed by atoms with Gasteiger partial charge in [-0.2, -0.15) is 0 Å². The van der Waals surface area contributed by atoms with Crippen molar-refractivity contribution in [2.75, 3.05) is 6.54 Å². The number of hydrogen-bond acceptors (Lipinski definition) is 3. The van der Waals surface area contributed by atoms with Gasteiger partial charge in [0.1, 0.15) is 4.90 Å². The van der Waals surface area contributed by atoms with Crippen LogP contribution in [0.25, 0.3) is 0 Å². The highest BCUT2D eigenvalue weighted by Gasteiger charge is 2.38. The minimum atomic E-state index is -3.84. The Bertz CT molecular complexity index is 590. The third kappa shape index (κ3) is 3.24. The molecule has 0 radical (unpaired) electrons. The van der Waals surface area contributed by atoms with Gasteiger partial charge in [0.05, 0.1) is 10.0 Å². The maximum Gasteiger partial charge on any atom is 0.244 e. The lowest BCUT2D eigenvalue weighted by atomic mass is 10.0. The molecule has 1 aliphatic rings. The molecule has 0 aliphatic heterocycles. The summed E-state index contributed by atoms with van der Waals surface area (Å²) in [7, 11) is -3.84. The standard InChI is InChI=1S/C12H15Cl3N2O2S/c13-8-5-9(14)11(10(15)6-8)20(18,19)17-12(7-16)3-1-2-4-12/h5-6,17H,1-4,7,16H2. The van der Waals surface area contributed by atoms with E-state index in [2.05, 4.69) is 4.72 Å². The summed E-state index contributed by atoms with van der Waals surface area (Å²) in [5, 5.41) is 0.286. The quantitative estimate of drug-likeness (QED) is 0.869. The lowest BCUT2D eigenvalue weighted by Crippen LogP contribution is -2.51. The van der Waals surface area contributed by atoms with Crippen LogP contribution in [0, 0.1) is 0 Å². The van der Waals surface area contributed by atoms with Crippen molar-refractivity contribution in [1.29, 1.82) is 0 Å². The van der Waals surface area contributed by atoms with Gasteiger partial charge in [0.15, 0.2) is 0 Å². The monoisotopic (exact) mass is 356 g/mol. The first-order chi connectivity index (χ1) is 9.30. The summed E-state index contributed by atoms with van der Waals surface area (Å²) in [6.45, 7) is 0.245. The number of benzene rings is 1. The van der Waals surface area contributed by atoms with Gasteiger partial charge in [-0.1, -0.05) is 47.6 Å². The summed E-state index contributed by atoms with van der Waals surface area (Å²) in [6.07, 6.45) is 3.32. The van der Waals surface area contributed by atoms with Gasteiger partial charge < -0.3 is 5.73 Å². The van der Waals surface area contributed by atoms with Crippen molar-refractivity contribution in [2.24, 2.45) is 5.73 Å². The van der Waals surface area contributed by atoms with E-state index in [1.807, 2.05) is 0 Å². The Labute approximate surface area is 133 Å². The zero-order valence-corrected chi connectivity index (χ0v) is 13.7. The van der Waals surface area contributed by atoms with Gasteiger partial charge in [-0.15, -0.1) is 0 Å². The van der Waals surface area contributed by atoms with Crippen LogP contribution in [0.4, 0.5) is 0 Å². The SMILES string of the molecule is NCC1(NS(=O)(=O)c2c(Cl)cc(Cl)cc2Cl)CCCC1. The fraction of sp³-hybridized carbons (Fsp3) is 0.500. The van der Waals surface area contributed by atoms with Crippen LogP contribution in [0.15, 0.2) is 17.0 Å². The Hall–Kier alpha value is -0.0400. The summed E-state index contributed by atoms with van der Waals surface area (Å²) >= 11 is 17.7. The maximum atomic E-state index is 12.5. The van der Waals surface area contributed by atoms with Crippen molar-refractivity contribution in [3.05, 3.63) is 27.2 Å². The van der Waals surface area contributed by atoms with E-state index in [1.54, 1.807) is 0 Å². The molecule has 0 spiro atoms. The van der Waals surface area contributed by atoms with E-state index < -0.39 is 15.6 Å². The van der Waals surface area contributed by atoms with Crippen LogP contribution in [0.2, 0.25) is 15.1 Å². The molecular formula is C12H15Cl3N2O2S. The van der Waals surface area contributed by atoms with Crippen molar-refractivity contribution < 1.29 is 8.42 Å². The van der Waals surface area contributed by atoms with E-state index in [4.69, 9.17) is 40.5 Å². The zero-order chi connectivity index (χ0) is 15.0. The average molecular weight is 358 g/mol. The van der Waals surface area contributed by atoms with Crippen molar-refractivity contribution in [3.8, 4) is 0 Å². The van der Waals surface area contributed by atoms with Gasteiger partial charge in [0.2, 0.25) is 10.0 Å². The van der Waals surface area contributed by atoms with Gasteiger partial charge in [0, 0.05) is 17.1 Å². The van der Waals surface area contributed by atoms with Gasteiger partial charge in [-0.25, -0.2) is 13.1 Å². The molecule has 1 aromatic rings. The van der Waals surface area contributed by atoms with Crippen molar-refractivity contribution in [2.45, 2.75) is 36.1 Å². The number of nitrogens with one attached hydrogen (secondary N) is 1. The highest BCUT2D eigenvalue weighted by molar-refractivity contribution is 7.89. The van der Waals surface area contributed by atoms with E-state index in [9.17, 15) is 8.42 Å². The third-order valence-corrected chi connectivity index (χ3v) is 6.25. The highest BCUT2D eigenvalue weighted by Crippen LogP contribution is 2.35. The Kier molecular flexibility index (Phi) is 4.89. The molecule has 0 unspecified atom stereocenters. The van der Waals surface area contributed by atoms with E-state index >= 15 is 0 Å². The molecule has 112 valence electrons. The zero-order valence-electron chi connectivity index (χ0n) is 10.6. The summed E-state index contributed by atoms with van der Waals surface area (Å²) in [4.78, 5) is -0.148. The molecule has 0 aromatic heterocycles. The molecular weight excluding hydrogens is 343 g/mol. The molecule has 20 heavy (non-hydrogen) atoms. The molecule has 1 fully saturated rings. The van der Waals surface area contributed by atoms with Crippen molar-refractivity contribution in [1.82, 2.24) is 4.72 Å². The molecule has 3 N–H and O–H groups in total. The van der Waals surface area contributed by atoms with Crippen LogP contribution in [-0.2, 0) is 10.0 Å². The molecule has 0 amide bonds. The topological polar surface area (TPSA) is 72.2 Å². The Morgan fingerprint density at radius 3 is 2.10 bits per heavy atom. The Morgan fingerprint density at radius 2 is 1.65 bits per heavy atom. The van der Waals surface area contributed by atoms with Gasteiger partial charge in [0.25, 0.3) is 0 Å². The van der Waals surface area contributed by atoms with Crippen molar-refractivity contribution >= 4 is 44.8 Å². The van der Waals surface area contributed by atoms with Crippen LogP contribution >= 0.6 is 34.8 Å². The molecule has 1 aliphatic carbocycles. The smallest absolute Gasteiger partial charge is 0.244 e. The Morgan fingerprint density at radius 1 is 1.15 bits per heavy atom. The van der Waals surface area contributed by atoms with E-state index in [0.717, 1.165) is 12.8 Å². The van der Waals surface area contributed by atoms with Gasteiger partial charge >= 0.3 is 0 Å². The first-order valence-corrected chi connectivity index (χ1v) is 8.80. The van der Waals surface area contributed by atoms with Gasteiger partial charge in [-0.05, 0) is 25.0 Å². The minimum absolute atomic E-state index is 0.000156. The summed E-state index contributed by atoms with van der Waals surface area (Å²) in [5.74, 6) is 0. The first kappa shape index (κ1) is 16.3. The lowest BCUT2D eigenvalue weighted by molar-refractivity contribution is 0.399. The lowest BCUT2D eigenvalue weighted by Gasteiger charge is -2.28. The molecule has 4 nitrogen and oxygen atoms in total. The Balaban J connectivity index is 2.41. The molecule has 0 atom stereocenters. The number of sulfonamides is 1. The predicted octanol–water partition coefficient (Wildman–Crippen LogP) is 3.20. The number of halogens is 3.